The molecule has 1 aromatic rings. The Kier molecular flexibility index (Phi) is 2.85. The molecule has 1 aliphatic rings. The molecule has 1 aromatic carbocycles. The second-order valence-electron chi connectivity index (χ2n) is 4.15. The van der Waals surface area contributed by atoms with E-state index in [0.29, 0.717) is 12.1 Å². The number of rotatable bonds is 2. The van der Waals surface area contributed by atoms with E-state index in [2.05, 4.69) is 42.2 Å². The molecule has 2 heteroatoms. The van der Waals surface area contributed by atoms with Gasteiger partial charge in [-0.15, -0.1) is 0 Å². The Labute approximate surface area is 85.7 Å². The minimum Gasteiger partial charge on any atom is -0.326 e. The Morgan fingerprint density at radius 2 is 2.07 bits per heavy atom. The lowest BCUT2D eigenvalue weighted by Gasteiger charge is -2.22. The molecule has 0 aliphatic carbocycles. The second-order valence-corrected chi connectivity index (χ2v) is 4.15. The highest BCUT2D eigenvalue weighted by atomic mass is 15.2. The highest BCUT2D eigenvalue weighted by Crippen LogP contribution is 2.18. The van der Waals surface area contributed by atoms with Crippen molar-refractivity contribution in [1.29, 1.82) is 0 Å². The largest absolute Gasteiger partial charge is 0.326 e. The Morgan fingerprint density at radius 3 is 2.64 bits per heavy atom. The van der Waals surface area contributed by atoms with E-state index < -0.39 is 0 Å². The van der Waals surface area contributed by atoms with Crippen LogP contribution in [0, 0.1) is 0 Å². The minimum absolute atomic E-state index is 0.360. The number of nitrogens with zero attached hydrogens (tertiary/aromatic N) is 1. The number of likely N-dealkylation sites (tertiary alicyclic amines) is 1. The molecule has 0 spiro atoms. The summed E-state index contributed by atoms with van der Waals surface area (Å²) in [6, 6.07) is 11.5. The van der Waals surface area contributed by atoms with Crippen molar-refractivity contribution in [3.63, 3.8) is 0 Å². The third-order valence-corrected chi connectivity index (χ3v) is 3.17. The van der Waals surface area contributed by atoms with Crippen molar-refractivity contribution in [1.82, 2.24) is 4.90 Å². The van der Waals surface area contributed by atoms with Crippen LogP contribution in [0.15, 0.2) is 30.3 Å². The maximum Gasteiger partial charge on any atom is 0.0237 e. The van der Waals surface area contributed by atoms with E-state index in [-0.39, 0.29) is 0 Å². The van der Waals surface area contributed by atoms with Gasteiger partial charge in [0.1, 0.15) is 0 Å². The molecule has 0 saturated carbocycles. The highest BCUT2D eigenvalue weighted by molar-refractivity contribution is 5.15. The van der Waals surface area contributed by atoms with Gasteiger partial charge in [-0.3, -0.25) is 4.90 Å². The van der Waals surface area contributed by atoms with Crippen LogP contribution >= 0.6 is 0 Å². The van der Waals surface area contributed by atoms with Crippen LogP contribution in [0.25, 0.3) is 0 Å². The summed E-state index contributed by atoms with van der Waals surface area (Å²) in [5, 5.41) is 0. The lowest BCUT2D eigenvalue weighted by atomic mass is 10.1. The van der Waals surface area contributed by atoms with Crippen molar-refractivity contribution in [2.45, 2.75) is 32.0 Å². The Morgan fingerprint density at radius 1 is 1.36 bits per heavy atom. The van der Waals surface area contributed by atoms with E-state index in [1.165, 1.54) is 5.56 Å². The SMILES string of the molecule is C[C@@H]1[C@@H](N)CCN1Cc1ccccc1. The average molecular weight is 190 g/mol. The molecule has 14 heavy (non-hydrogen) atoms. The van der Waals surface area contributed by atoms with Gasteiger partial charge in [0.15, 0.2) is 0 Å². The van der Waals surface area contributed by atoms with Gasteiger partial charge < -0.3 is 5.73 Å². The normalized spacial score (nSPS) is 28.1. The van der Waals surface area contributed by atoms with Crippen LogP contribution in [-0.4, -0.2) is 23.5 Å². The summed E-state index contributed by atoms with van der Waals surface area (Å²) in [5.41, 5.74) is 7.36. The van der Waals surface area contributed by atoms with E-state index in [1.807, 2.05) is 0 Å². The van der Waals surface area contributed by atoms with E-state index in [1.54, 1.807) is 0 Å². The Hall–Kier alpha value is -0.860. The molecule has 2 N–H and O–H groups in total. The van der Waals surface area contributed by atoms with Crippen molar-refractivity contribution < 1.29 is 0 Å². The fraction of sp³-hybridized carbons (Fsp3) is 0.500. The van der Waals surface area contributed by atoms with Crippen LogP contribution in [-0.2, 0) is 6.54 Å². The summed E-state index contributed by atoms with van der Waals surface area (Å²) in [6.45, 7) is 4.40. The molecule has 0 unspecified atom stereocenters. The summed E-state index contributed by atoms with van der Waals surface area (Å²) >= 11 is 0. The lowest BCUT2D eigenvalue weighted by Crippen LogP contribution is -2.36. The quantitative estimate of drug-likeness (QED) is 0.767. The summed E-state index contributed by atoms with van der Waals surface area (Å²) in [5.74, 6) is 0. The van der Waals surface area contributed by atoms with E-state index >= 15 is 0 Å². The van der Waals surface area contributed by atoms with Crippen molar-refractivity contribution >= 4 is 0 Å². The van der Waals surface area contributed by atoms with Crippen LogP contribution in [0.4, 0.5) is 0 Å². The molecule has 76 valence electrons. The maximum atomic E-state index is 5.98. The van der Waals surface area contributed by atoms with Gasteiger partial charge in [-0.1, -0.05) is 30.3 Å². The second kappa shape index (κ2) is 4.11. The summed E-state index contributed by atoms with van der Waals surface area (Å²) in [7, 11) is 0. The van der Waals surface area contributed by atoms with E-state index in [0.717, 1.165) is 19.5 Å². The highest BCUT2D eigenvalue weighted by Gasteiger charge is 2.27. The molecule has 2 nitrogen and oxygen atoms in total. The number of hydrogen-bond donors (Lipinski definition) is 1. The van der Waals surface area contributed by atoms with Crippen molar-refractivity contribution in [2.75, 3.05) is 6.54 Å². The summed E-state index contributed by atoms with van der Waals surface area (Å²) in [6.07, 6.45) is 1.13. The van der Waals surface area contributed by atoms with Crippen molar-refractivity contribution in [3.05, 3.63) is 35.9 Å². The standard InChI is InChI=1S/C12H18N2/c1-10-12(13)7-8-14(10)9-11-5-3-2-4-6-11/h2-6,10,12H,7-9,13H2,1H3/t10-,12+/m1/s1. The number of nitrogens with two attached hydrogens (primary N) is 1. The predicted molar refractivity (Wildman–Crippen MR) is 58.9 cm³/mol. The van der Waals surface area contributed by atoms with Gasteiger partial charge in [-0.25, -0.2) is 0 Å². The van der Waals surface area contributed by atoms with Gasteiger partial charge in [-0.2, -0.15) is 0 Å². The van der Waals surface area contributed by atoms with Crippen molar-refractivity contribution in [2.24, 2.45) is 5.73 Å². The number of hydrogen-bond acceptors (Lipinski definition) is 2. The molecular formula is C12H18N2. The predicted octanol–water partition coefficient (Wildman–Crippen LogP) is 1.61. The van der Waals surface area contributed by atoms with Crippen LogP contribution in [0.1, 0.15) is 18.9 Å². The first-order valence-corrected chi connectivity index (χ1v) is 5.31. The van der Waals surface area contributed by atoms with Crippen LogP contribution in [0.3, 0.4) is 0 Å². The first-order valence-electron chi connectivity index (χ1n) is 5.31. The monoisotopic (exact) mass is 190 g/mol. The average Bonchev–Trinajstić information content (AvgIpc) is 2.52. The van der Waals surface area contributed by atoms with Gasteiger partial charge in [0.05, 0.1) is 0 Å². The molecule has 1 fully saturated rings. The van der Waals surface area contributed by atoms with E-state index in [4.69, 9.17) is 5.73 Å². The zero-order chi connectivity index (χ0) is 9.97. The third-order valence-electron chi connectivity index (χ3n) is 3.17. The maximum absolute atomic E-state index is 5.98. The Bertz CT molecular complexity index is 284. The molecule has 2 rings (SSSR count). The molecule has 1 saturated heterocycles. The first-order chi connectivity index (χ1) is 6.77. The molecular weight excluding hydrogens is 172 g/mol. The molecule has 2 atom stereocenters. The molecule has 1 heterocycles. The molecule has 0 radical (unpaired) electrons. The van der Waals surface area contributed by atoms with Crippen LogP contribution in [0.2, 0.25) is 0 Å². The van der Waals surface area contributed by atoms with Crippen LogP contribution < -0.4 is 5.73 Å². The summed E-state index contributed by atoms with van der Waals surface area (Å²) in [4.78, 5) is 2.46. The minimum atomic E-state index is 0.360. The molecule has 0 aromatic heterocycles. The van der Waals surface area contributed by atoms with Gasteiger partial charge in [0.2, 0.25) is 0 Å². The number of benzene rings is 1. The first kappa shape index (κ1) is 9.69. The van der Waals surface area contributed by atoms with Gasteiger partial charge in [0, 0.05) is 25.2 Å². The third kappa shape index (κ3) is 1.97. The Balaban J connectivity index is 1.99. The smallest absolute Gasteiger partial charge is 0.0237 e. The molecule has 1 aliphatic heterocycles. The summed E-state index contributed by atoms with van der Waals surface area (Å²) < 4.78 is 0. The zero-order valence-corrected chi connectivity index (χ0v) is 8.69. The van der Waals surface area contributed by atoms with Gasteiger partial charge >= 0.3 is 0 Å². The topological polar surface area (TPSA) is 29.3 Å². The zero-order valence-electron chi connectivity index (χ0n) is 8.69. The van der Waals surface area contributed by atoms with Crippen LogP contribution in [0.5, 0.6) is 0 Å². The van der Waals surface area contributed by atoms with Gasteiger partial charge in [0.25, 0.3) is 0 Å². The molecule has 0 amide bonds. The van der Waals surface area contributed by atoms with Crippen molar-refractivity contribution in [3.8, 4) is 0 Å². The van der Waals surface area contributed by atoms with Gasteiger partial charge in [-0.05, 0) is 18.9 Å². The molecule has 0 bridgehead atoms. The fourth-order valence-corrected chi connectivity index (χ4v) is 2.07. The van der Waals surface area contributed by atoms with E-state index in [9.17, 15) is 0 Å². The fourth-order valence-electron chi connectivity index (χ4n) is 2.07. The lowest BCUT2D eigenvalue weighted by molar-refractivity contribution is 0.252.